The average molecular weight is 410 g/mol. The summed E-state index contributed by atoms with van der Waals surface area (Å²) in [5.41, 5.74) is 2.75. The molecule has 0 radical (unpaired) electrons. The predicted octanol–water partition coefficient (Wildman–Crippen LogP) is 2.54. The van der Waals surface area contributed by atoms with E-state index in [9.17, 15) is 0 Å². The minimum atomic E-state index is 0. The highest BCUT2D eigenvalue weighted by atomic mass is 35.5. The summed E-state index contributed by atoms with van der Waals surface area (Å²) in [7, 11) is 0. The summed E-state index contributed by atoms with van der Waals surface area (Å²) in [4.78, 5) is 2.59. The first-order valence-electron chi connectivity index (χ1n) is 10.7. The third-order valence-corrected chi connectivity index (χ3v) is 6.56. The second kappa shape index (κ2) is 10.9. The van der Waals surface area contributed by atoms with Crippen molar-refractivity contribution >= 4 is 12.4 Å². The molecule has 2 heterocycles. The Morgan fingerprint density at radius 2 is 1.89 bits per heavy atom. The Bertz CT molecular complexity index is 574. The Kier molecular flexibility index (Phi) is 8.57. The maximum Gasteiger partial charge on any atom is 0.0623 e. The van der Waals surface area contributed by atoms with Gasteiger partial charge in [-0.05, 0) is 31.2 Å². The van der Waals surface area contributed by atoms with Gasteiger partial charge >= 0.3 is 0 Å². The van der Waals surface area contributed by atoms with Gasteiger partial charge in [-0.25, -0.2) is 0 Å². The summed E-state index contributed by atoms with van der Waals surface area (Å²) in [6, 6.07) is 10.6. The number of morpholine rings is 2. The minimum Gasteiger partial charge on any atom is -0.379 e. The molecule has 4 atom stereocenters. The molecule has 2 aliphatic heterocycles. The standard InChI is InChI=1S/C22H35N3O2.ClH/c1-17-5-7-18(8-6-17)22(25-10-13-26-14-11-25)15-24-20-4-2-3-19(20)21-16-27-12-9-23-21;/h5-8,19-24H,2-4,9-16H2,1H3;1H. The van der Waals surface area contributed by atoms with Crippen LogP contribution >= 0.6 is 12.4 Å². The van der Waals surface area contributed by atoms with Crippen molar-refractivity contribution in [3.8, 4) is 0 Å². The lowest BCUT2D eigenvalue weighted by Crippen LogP contribution is -2.52. The van der Waals surface area contributed by atoms with Gasteiger partial charge in [0.05, 0.1) is 26.4 Å². The van der Waals surface area contributed by atoms with Crippen LogP contribution < -0.4 is 10.6 Å². The Balaban J connectivity index is 0.00000225. The van der Waals surface area contributed by atoms with Gasteiger partial charge in [0, 0.05) is 44.3 Å². The third kappa shape index (κ3) is 5.47. The van der Waals surface area contributed by atoms with E-state index >= 15 is 0 Å². The number of halogens is 1. The fraction of sp³-hybridized carbons (Fsp3) is 0.727. The topological polar surface area (TPSA) is 45.8 Å². The molecule has 1 aliphatic carbocycles. The molecule has 4 rings (SSSR count). The molecule has 158 valence electrons. The molecular weight excluding hydrogens is 374 g/mol. The fourth-order valence-corrected chi connectivity index (χ4v) is 4.98. The van der Waals surface area contributed by atoms with E-state index in [2.05, 4.69) is 46.7 Å². The molecule has 2 saturated heterocycles. The van der Waals surface area contributed by atoms with Crippen molar-refractivity contribution in [1.29, 1.82) is 0 Å². The number of ether oxygens (including phenoxy) is 2. The quantitative estimate of drug-likeness (QED) is 0.756. The van der Waals surface area contributed by atoms with Crippen molar-refractivity contribution in [2.24, 2.45) is 5.92 Å². The molecule has 5 nitrogen and oxygen atoms in total. The van der Waals surface area contributed by atoms with Gasteiger partial charge < -0.3 is 20.1 Å². The molecule has 1 aromatic rings. The largest absolute Gasteiger partial charge is 0.379 e. The molecule has 1 saturated carbocycles. The van der Waals surface area contributed by atoms with Crippen LogP contribution in [0.15, 0.2) is 24.3 Å². The van der Waals surface area contributed by atoms with Gasteiger partial charge in [0.25, 0.3) is 0 Å². The Morgan fingerprint density at radius 3 is 2.61 bits per heavy atom. The van der Waals surface area contributed by atoms with Crippen molar-refractivity contribution < 1.29 is 9.47 Å². The highest BCUT2D eigenvalue weighted by Gasteiger charge is 2.35. The van der Waals surface area contributed by atoms with Crippen LogP contribution in [0.4, 0.5) is 0 Å². The molecule has 3 aliphatic rings. The predicted molar refractivity (Wildman–Crippen MR) is 115 cm³/mol. The summed E-state index contributed by atoms with van der Waals surface area (Å²) in [6.07, 6.45) is 3.92. The third-order valence-electron chi connectivity index (χ3n) is 6.56. The summed E-state index contributed by atoms with van der Waals surface area (Å²) >= 11 is 0. The van der Waals surface area contributed by atoms with E-state index in [1.807, 2.05) is 0 Å². The average Bonchev–Trinajstić information content (AvgIpc) is 3.19. The lowest BCUT2D eigenvalue weighted by atomic mass is 9.93. The zero-order chi connectivity index (χ0) is 18.5. The zero-order valence-corrected chi connectivity index (χ0v) is 17.9. The van der Waals surface area contributed by atoms with Gasteiger partial charge in [-0.1, -0.05) is 36.2 Å². The number of hydrogen-bond donors (Lipinski definition) is 2. The van der Waals surface area contributed by atoms with Crippen LogP contribution in [0.2, 0.25) is 0 Å². The summed E-state index contributed by atoms with van der Waals surface area (Å²) < 4.78 is 11.3. The van der Waals surface area contributed by atoms with E-state index in [1.54, 1.807) is 0 Å². The van der Waals surface area contributed by atoms with Gasteiger partial charge in [0.2, 0.25) is 0 Å². The van der Waals surface area contributed by atoms with E-state index in [0.717, 1.165) is 52.6 Å². The number of nitrogens with one attached hydrogen (secondary N) is 2. The van der Waals surface area contributed by atoms with E-state index in [0.29, 0.717) is 24.0 Å². The molecule has 4 unspecified atom stereocenters. The molecule has 1 aromatic carbocycles. The minimum absolute atomic E-state index is 0. The first kappa shape index (κ1) is 22.0. The lowest BCUT2D eigenvalue weighted by Gasteiger charge is -2.37. The van der Waals surface area contributed by atoms with Crippen LogP contribution in [0.5, 0.6) is 0 Å². The van der Waals surface area contributed by atoms with E-state index in [1.165, 1.54) is 30.4 Å². The second-order valence-electron chi connectivity index (χ2n) is 8.32. The number of rotatable bonds is 6. The van der Waals surface area contributed by atoms with Crippen LogP contribution in [0.1, 0.15) is 36.4 Å². The SMILES string of the molecule is Cc1ccc(C(CNC2CCCC2C2COCCN2)N2CCOCC2)cc1.Cl. The molecule has 28 heavy (non-hydrogen) atoms. The van der Waals surface area contributed by atoms with Crippen LogP contribution in [-0.4, -0.2) is 69.6 Å². The summed E-state index contributed by atoms with van der Waals surface area (Å²) in [5.74, 6) is 0.689. The number of aryl methyl sites for hydroxylation is 1. The van der Waals surface area contributed by atoms with Crippen molar-refractivity contribution in [3.05, 3.63) is 35.4 Å². The van der Waals surface area contributed by atoms with Gasteiger partial charge in [-0.2, -0.15) is 0 Å². The zero-order valence-electron chi connectivity index (χ0n) is 17.1. The van der Waals surface area contributed by atoms with E-state index in [-0.39, 0.29) is 12.4 Å². The second-order valence-corrected chi connectivity index (χ2v) is 8.32. The normalized spacial score (nSPS) is 30.0. The monoisotopic (exact) mass is 409 g/mol. The summed E-state index contributed by atoms with van der Waals surface area (Å²) in [6.45, 7) is 9.62. The molecule has 0 bridgehead atoms. The van der Waals surface area contributed by atoms with Crippen molar-refractivity contribution in [1.82, 2.24) is 15.5 Å². The van der Waals surface area contributed by atoms with Crippen LogP contribution in [0, 0.1) is 12.8 Å². The Labute approximate surface area is 175 Å². The molecule has 0 aromatic heterocycles. The molecule has 3 fully saturated rings. The van der Waals surface area contributed by atoms with Crippen LogP contribution in [-0.2, 0) is 9.47 Å². The van der Waals surface area contributed by atoms with Gasteiger partial charge in [-0.3, -0.25) is 4.90 Å². The molecule has 0 amide bonds. The van der Waals surface area contributed by atoms with Crippen molar-refractivity contribution in [2.45, 2.75) is 44.3 Å². The molecule has 0 spiro atoms. The smallest absolute Gasteiger partial charge is 0.0623 e. The molecule has 2 N–H and O–H groups in total. The van der Waals surface area contributed by atoms with Crippen LogP contribution in [0.25, 0.3) is 0 Å². The molecule has 6 heteroatoms. The Morgan fingerprint density at radius 1 is 1.11 bits per heavy atom. The van der Waals surface area contributed by atoms with Gasteiger partial charge in [0.15, 0.2) is 0 Å². The highest BCUT2D eigenvalue weighted by molar-refractivity contribution is 5.85. The van der Waals surface area contributed by atoms with Gasteiger partial charge in [-0.15, -0.1) is 12.4 Å². The first-order chi connectivity index (χ1) is 13.3. The first-order valence-corrected chi connectivity index (χ1v) is 10.7. The van der Waals surface area contributed by atoms with E-state index < -0.39 is 0 Å². The number of nitrogens with zero attached hydrogens (tertiary/aromatic N) is 1. The number of hydrogen-bond acceptors (Lipinski definition) is 5. The van der Waals surface area contributed by atoms with Crippen molar-refractivity contribution in [2.75, 3.05) is 52.6 Å². The van der Waals surface area contributed by atoms with Gasteiger partial charge in [0.1, 0.15) is 0 Å². The molecular formula is C22H36ClN3O2. The number of benzene rings is 1. The maximum absolute atomic E-state index is 5.73. The van der Waals surface area contributed by atoms with Crippen molar-refractivity contribution in [3.63, 3.8) is 0 Å². The highest BCUT2D eigenvalue weighted by Crippen LogP contribution is 2.30. The van der Waals surface area contributed by atoms with Crippen LogP contribution in [0.3, 0.4) is 0 Å². The van der Waals surface area contributed by atoms with E-state index in [4.69, 9.17) is 9.47 Å². The fourth-order valence-electron chi connectivity index (χ4n) is 4.98. The maximum atomic E-state index is 5.73. The lowest BCUT2D eigenvalue weighted by molar-refractivity contribution is 0.0144. The summed E-state index contributed by atoms with van der Waals surface area (Å²) in [5, 5.41) is 7.65. The Hall–Kier alpha value is -0.690.